The van der Waals surface area contributed by atoms with Crippen molar-refractivity contribution < 1.29 is 0 Å². The van der Waals surface area contributed by atoms with Gasteiger partial charge in [-0.15, -0.1) is 49.6 Å². The molecule has 0 fully saturated rings. The molecule has 4 nitrogen and oxygen atoms in total. The average molecular weight is 753 g/mol. The van der Waals surface area contributed by atoms with Gasteiger partial charge in [0.25, 0.3) is 0 Å². The molecule has 0 aliphatic heterocycles. The van der Waals surface area contributed by atoms with Gasteiger partial charge in [-0.25, -0.2) is 0 Å². The fourth-order valence-corrected chi connectivity index (χ4v) is 7.04. The summed E-state index contributed by atoms with van der Waals surface area (Å²) in [5, 5.41) is 14.5. The van der Waals surface area contributed by atoms with Gasteiger partial charge >= 0.3 is 0 Å². The number of rotatable bonds is 16. The number of nitrogens with one attached hydrogen (secondary N) is 4. The van der Waals surface area contributed by atoms with Crippen molar-refractivity contribution in [3.05, 3.63) is 143 Å². The topological polar surface area (TPSA) is 48.1 Å². The van der Waals surface area contributed by atoms with Gasteiger partial charge in [0.2, 0.25) is 0 Å². The second-order valence-electron chi connectivity index (χ2n) is 12.9. The molecule has 2 aliphatic rings. The molecule has 0 heterocycles. The van der Waals surface area contributed by atoms with Crippen molar-refractivity contribution in [2.24, 2.45) is 0 Å². The lowest BCUT2D eigenvalue weighted by molar-refractivity contribution is 0.626. The number of hydrogen-bond donors (Lipinski definition) is 4. The number of anilines is 2. The molecule has 5 aromatic carbocycles. The summed E-state index contributed by atoms with van der Waals surface area (Å²) in [6, 6.07) is 40.2. The van der Waals surface area contributed by atoms with Gasteiger partial charge in [-0.2, -0.15) is 0 Å². The number of halogens is 4. The van der Waals surface area contributed by atoms with Crippen LogP contribution in [0.15, 0.2) is 109 Å². The zero-order chi connectivity index (χ0) is 31.0. The Bertz CT molecular complexity index is 1670. The maximum atomic E-state index is 3.64. The first-order valence-corrected chi connectivity index (χ1v) is 17.2. The van der Waals surface area contributed by atoms with Crippen LogP contribution in [0.3, 0.4) is 0 Å². The van der Waals surface area contributed by atoms with Crippen LogP contribution >= 0.6 is 49.6 Å². The molecular formula is C42H50Cl4N4. The molecule has 0 spiro atoms. The van der Waals surface area contributed by atoms with Gasteiger partial charge in [0.1, 0.15) is 0 Å². The molecule has 266 valence electrons. The molecule has 0 saturated heterocycles. The van der Waals surface area contributed by atoms with E-state index in [1.807, 2.05) is 0 Å². The summed E-state index contributed by atoms with van der Waals surface area (Å²) in [5.41, 5.74) is 16.6. The van der Waals surface area contributed by atoms with Gasteiger partial charge in [-0.3, -0.25) is 0 Å². The summed E-state index contributed by atoms with van der Waals surface area (Å²) in [4.78, 5) is 0. The lowest BCUT2D eigenvalue weighted by atomic mass is 10.1. The Morgan fingerprint density at radius 3 is 1.28 bits per heavy atom. The number of hydrogen-bond acceptors (Lipinski definition) is 4. The van der Waals surface area contributed by atoms with Crippen LogP contribution in [-0.4, -0.2) is 26.2 Å². The van der Waals surface area contributed by atoms with Crippen molar-refractivity contribution in [2.45, 2.75) is 51.6 Å². The van der Waals surface area contributed by atoms with E-state index in [1.165, 1.54) is 79.9 Å². The summed E-state index contributed by atoms with van der Waals surface area (Å²) < 4.78 is 0. The molecule has 0 saturated carbocycles. The normalized spacial score (nSPS) is 11.4. The predicted octanol–water partition coefficient (Wildman–Crippen LogP) is 10.5. The molecule has 0 amide bonds. The minimum absolute atomic E-state index is 0. The molecule has 50 heavy (non-hydrogen) atoms. The van der Waals surface area contributed by atoms with E-state index in [2.05, 4.69) is 130 Å². The lowest BCUT2D eigenvalue weighted by Gasteiger charge is -2.10. The van der Waals surface area contributed by atoms with E-state index in [0.717, 1.165) is 65.0 Å². The highest BCUT2D eigenvalue weighted by molar-refractivity contribution is 5.86. The molecule has 8 heteroatoms. The fourth-order valence-electron chi connectivity index (χ4n) is 7.04. The predicted molar refractivity (Wildman–Crippen MR) is 224 cm³/mol. The van der Waals surface area contributed by atoms with Gasteiger partial charge in [0.05, 0.1) is 0 Å². The van der Waals surface area contributed by atoms with E-state index in [0.29, 0.717) is 0 Å². The molecule has 2 aliphatic carbocycles. The first kappa shape index (κ1) is 41.2. The van der Waals surface area contributed by atoms with Crippen molar-refractivity contribution >= 4 is 61.0 Å². The smallest absolute Gasteiger partial charge is 0.0343 e. The lowest BCUT2D eigenvalue weighted by Crippen LogP contribution is -2.17. The molecule has 0 radical (unpaired) electrons. The van der Waals surface area contributed by atoms with E-state index < -0.39 is 0 Å². The molecule has 0 bridgehead atoms. The highest BCUT2D eigenvalue weighted by atomic mass is 35.5. The van der Waals surface area contributed by atoms with Crippen LogP contribution in [0, 0.1) is 0 Å². The van der Waals surface area contributed by atoms with Gasteiger partial charge in [0.15, 0.2) is 0 Å². The van der Waals surface area contributed by atoms with Crippen LogP contribution in [0.25, 0.3) is 22.3 Å². The van der Waals surface area contributed by atoms with Crippen LogP contribution in [0.2, 0.25) is 0 Å². The average Bonchev–Trinajstić information content (AvgIpc) is 3.65. The largest absolute Gasteiger partial charge is 0.385 e. The summed E-state index contributed by atoms with van der Waals surface area (Å²) >= 11 is 0. The minimum Gasteiger partial charge on any atom is -0.385 e. The van der Waals surface area contributed by atoms with Crippen molar-refractivity contribution in [1.82, 2.24) is 10.6 Å². The van der Waals surface area contributed by atoms with Crippen LogP contribution < -0.4 is 21.3 Å². The zero-order valence-corrected chi connectivity index (χ0v) is 31.8. The Kier molecular flexibility index (Phi) is 17.0. The minimum atomic E-state index is 0. The Hall–Kier alpha value is -3.22. The van der Waals surface area contributed by atoms with E-state index in [9.17, 15) is 0 Å². The van der Waals surface area contributed by atoms with Crippen molar-refractivity contribution in [3.8, 4) is 22.3 Å². The van der Waals surface area contributed by atoms with Crippen molar-refractivity contribution in [2.75, 3.05) is 36.8 Å². The Labute approximate surface area is 323 Å². The molecule has 4 N–H and O–H groups in total. The van der Waals surface area contributed by atoms with E-state index in [-0.39, 0.29) is 49.6 Å². The van der Waals surface area contributed by atoms with E-state index >= 15 is 0 Å². The van der Waals surface area contributed by atoms with Gasteiger partial charge in [0, 0.05) is 37.6 Å². The Balaban J connectivity index is 0.00000169. The first-order valence-electron chi connectivity index (χ1n) is 17.2. The van der Waals surface area contributed by atoms with Gasteiger partial charge in [-0.1, -0.05) is 84.9 Å². The monoisotopic (exact) mass is 750 g/mol. The van der Waals surface area contributed by atoms with Gasteiger partial charge in [-0.05, 0) is 132 Å². The second-order valence-corrected chi connectivity index (χ2v) is 12.9. The van der Waals surface area contributed by atoms with Crippen LogP contribution in [-0.2, 0) is 25.9 Å². The highest BCUT2D eigenvalue weighted by Gasteiger charge is 2.18. The first-order chi connectivity index (χ1) is 22.8. The third kappa shape index (κ3) is 10.4. The molecular weight excluding hydrogens is 702 g/mol. The SMILES string of the molecule is Cl.Cl.Cl.Cl.c1cc(CNCCCCNc2ccc3c(c2)Cc2ccccc2-3)cc(CNCCCCNc2ccc3c(c2)Cc2ccccc2-3)c1. The maximum Gasteiger partial charge on any atom is 0.0343 e. The number of fused-ring (bicyclic) bond motifs is 6. The molecule has 0 atom stereocenters. The van der Waals surface area contributed by atoms with Gasteiger partial charge < -0.3 is 21.3 Å². The van der Waals surface area contributed by atoms with E-state index in [4.69, 9.17) is 0 Å². The number of benzene rings is 5. The zero-order valence-electron chi connectivity index (χ0n) is 28.5. The van der Waals surface area contributed by atoms with Crippen molar-refractivity contribution in [3.63, 3.8) is 0 Å². The van der Waals surface area contributed by atoms with Crippen LogP contribution in [0.5, 0.6) is 0 Å². The van der Waals surface area contributed by atoms with E-state index in [1.54, 1.807) is 0 Å². The second kappa shape index (κ2) is 20.6. The molecule has 5 aromatic rings. The van der Waals surface area contributed by atoms with Crippen LogP contribution in [0.1, 0.15) is 59.1 Å². The Morgan fingerprint density at radius 2 is 0.800 bits per heavy atom. The fraction of sp³-hybridized carbons (Fsp3) is 0.286. The summed E-state index contributed by atoms with van der Waals surface area (Å²) in [5.74, 6) is 0. The molecule has 0 aromatic heterocycles. The third-order valence-corrected chi connectivity index (χ3v) is 9.46. The Morgan fingerprint density at radius 1 is 0.380 bits per heavy atom. The summed E-state index contributed by atoms with van der Waals surface area (Å²) in [6.45, 7) is 5.94. The molecule has 0 unspecified atom stereocenters. The third-order valence-electron chi connectivity index (χ3n) is 9.46. The van der Waals surface area contributed by atoms with Crippen LogP contribution in [0.4, 0.5) is 11.4 Å². The van der Waals surface area contributed by atoms with Crippen molar-refractivity contribution in [1.29, 1.82) is 0 Å². The highest BCUT2D eigenvalue weighted by Crippen LogP contribution is 2.38. The summed E-state index contributed by atoms with van der Waals surface area (Å²) in [7, 11) is 0. The maximum absolute atomic E-state index is 3.64. The quantitative estimate of drug-likeness (QED) is 0.0743. The summed E-state index contributed by atoms with van der Waals surface area (Å²) in [6.07, 6.45) is 6.75. The molecule has 7 rings (SSSR count). The standard InChI is InChI=1S/C42H46N4.4ClH/c1-3-14-39-33(12-1)25-35-27-37(16-18-41(35)39)45-22-7-5-20-43-29-31-10-9-11-32(24-31)30-44-21-6-8-23-46-38-17-19-42-36(28-38)26-34-13-2-4-15-40(34)42;;;;/h1-4,9-19,24,27-28,43-46H,5-8,20-23,25-26,29-30H2;4*1H. The number of unbranched alkanes of at least 4 members (excludes halogenated alkanes) is 2.